The Labute approximate surface area is 75.3 Å². The van der Waals surface area contributed by atoms with Gasteiger partial charge in [0.1, 0.15) is 0 Å². The van der Waals surface area contributed by atoms with Crippen LogP contribution in [0, 0.1) is 12.8 Å². The molecule has 3 aliphatic rings. The number of rotatable bonds is 0. The van der Waals surface area contributed by atoms with E-state index in [9.17, 15) is 0 Å². The van der Waals surface area contributed by atoms with Crippen molar-refractivity contribution >= 4 is 0 Å². The molecular formula is C10H18N2. The van der Waals surface area contributed by atoms with Gasteiger partial charge in [0.2, 0.25) is 0 Å². The van der Waals surface area contributed by atoms with E-state index in [1.165, 1.54) is 45.4 Å². The highest BCUT2D eigenvalue weighted by molar-refractivity contribution is 5.05. The molecule has 0 aliphatic carbocycles. The highest BCUT2D eigenvalue weighted by atomic mass is 15.3. The molecule has 0 saturated carbocycles. The molecule has 0 amide bonds. The molecule has 2 unspecified atom stereocenters. The van der Waals surface area contributed by atoms with Crippen LogP contribution in [0.25, 0.3) is 0 Å². The Morgan fingerprint density at radius 1 is 1.17 bits per heavy atom. The van der Waals surface area contributed by atoms with Crippen molar-refractivity contribution in [1.82, 2.24) is 10.2 Å². The minimum atomic E-state index is 0.921. The first-order valence-corrected chi connectivity index (χ1v) is 5.06. The summed E-state index contributed by atoms with van der Waals surface area (Å²) < 4.78 is 0. The molecule has 3 fully saturated rings. The van der Waals surface area contributed by atoms with E-state index >= 15 is 0 Å². The number of fused-ring (bicyclic) bond motifs is 1. The SMILES string of the molecule is [CH]1CCN2CC12.[CH]1CCNCC1. The van der Waals surface area contributed by atoms with Gasteiger partial charge in [-0.2, -0.15) is 0 Å². The monoisotopic (exact) mass is 166 g/mol. The van der Waals surface area contributed by atoms with Crippen molar-refractivity contribution in [3.8, 4) is 0 Å². The minimum absolute atomic E-state index is 0.921. The van der Waals surface area contributed by atoms with Crippen LogP contribution in [0.15, 0.2) is 0 Å². The maximum atomic E-state index is 3.25. The average molecular weight is 166 g/mol. The highest BCUT2D eigenvalue weighted by Gasteiger charge is 2.37. The second-order valence-electron chi connectivity index (χ2n) is 3.70. The average Bonchev–Trinajstić information content (AvgIpc) is 2.78. The first-order valence-electron chi connectivity index (χ1n) is 5.06. The molecule has 3 rings (SSSR count). The summed E-state index contributed by atoms with van der Waals surface area (Å²) in [6.07, 6.45) is 8.60. The van der Waals surface area contributed by atoms with Gasteiger partial charge < -0.3 is 5.32 Å². The molecule has 0 aromatic heterocycles. The predicted molar refractivity (Wildman–Crippen MR) is 50.7 cm³/mol. The molecule has 68 valence electrons. The van der Waals surface area contributed by atoms with Crippen LogP contribution in [-0.2, 0) is 0 Å². The van der Waals surface area contributed by atoms with Gasteiger partial charge in [-0.05, 0) is 51.7 Å². The lowest BCUT2D eigenvalue weighted by Crippen LogP contribution is -2.21. The zero-order chi connectivity index (χ0) is 8.23. The molecule has 12 heavy (non-hydrogen) atoms. The van der Waals surface area contributed by atoms with Crippen LogP contribution >= 0.6 is 0 Å². The number of piperidine rings is 2. The Hall–Kier alpha value is -0.0800. The zero-order valence-electron chi connectivity index (χ0n) is 7.63. The fraction of sp³-hybridized carbons (Fsp3) is 0.800. The van der Waals surface area contributed by atoms with Gasteiger partial charge in [0.15, 0.2) is 0 Å². The van der Waals surface area contributed by atoms with Gasteiger partial charge in [-0.25, -0.2) is 0 Å². The summed E-state index contributed by atoms with van der Waals surface area (Å²) in [6.45, 7) is 5.09. The molecular weight excluding hydrogens is 148 g/mol. The van der Waals surface area contributed by atoms with Crippen molar-refractivity contribution in [3.05, 3.63) is 12.8 Å². The third-order valence-corrected chi connectivity index (χ3v) is 2.66. The molecule has 3 aliphatic heterocycles. The summed E-state index contributed by atoms with van der Waals surface area (Å²) in [7, 11) is 0. The lowest BCUT2D eigenvalue weighted by Gasteiger charge is -2.08. The Morgan fingerprint density at radius 2 is 2.00 bits per heavy atom. The third kappa shape index (κ3) is 2.46. The standard InChI is InChI=1S/C5H8N.C5H10N/c1-2-5-4-6(5)3-1;1-2-4-6-5-3-1/h2,5H,1,3-4H2;1,6H,2-5H2. The maximum absolute atomic E-state index is 3.25. The molecule has 3 heterocycles. The lowest BCUT2D eigenvalue weighted by atomic mass is 10.2. The van der Waals surface area contributed by atoms with E-state index in [2.05, 4.69) is 23.1 Å². The Balaban J connectivity index is 0.0000000939. The summed E-state index contributed by atoms with van der Waals surface area (Å²) in [5.41, 5.74) is 0. The lowest BCUT2D eigenvalue weighted by molar-refractivity contribution is 0.593. The van der Waals surface area contributed by atoms with Crippen LogP contribution in [0.4, 0.5) is 0 Å². The fourth-order valence-electron chi connectivity index (χ4n) is 1.78. The van der Waals surface area contributed by atoms with Crippen LogP contribution in [0.5, 0.6) is 0 Å². The second-order valence-corrected chi connectivity index (χ2v) is 3.70. The van der Waals surface area contributed by atoms with Gasteiger partial charge in [-0.15, -0.1) is 0 Å². The molecule has 3 saturated heterocycles. The normalized spacial score (nSPS) is 38.0. The Bertz CT molecular complexity index is 112. The van der Waals surface area contributed by atoms with Gasteiger partial charge in [-0.1, -0.05) is 0 Å². The summed E-state index contributed by atoms with van der Waals surface area (Å²) in [5, 5.41) is 3.25. The van der Waals surface area contributed by atoms with E-state index in [0.29, 0.717) is 0 Å². The van der Waals surface area contributed by atoms with Gasteiger partial charge in [0.25, 0.3) is 0 Å². The summed E-state index contributed by atoms with van der Waals surface area (Å²) in [4.78, 5) is 2.47. The third-order valence-electron chi connectivity index (χ3n) is 2.66. The predicted octanol–water partition coefficient (Wildman–Crippen LogP) is 0.853. The highest BCUT2D eigenvalue weighted by Crippen LogP contribution is 2.27. The smallest absolute Gasteiger partial charge is 0.0255 e. The molecule has 1 N–H and O–H groups in total. The van der Waals surface area contributed by atoms with Gasteiger partial charge in [-0.3, -0.25) is 4.90 Å². The minimum Gasteiger partial charge on any atom is -0.317 e. The topological polar surface area (TPSA) is 15.0 Å². The van der Waals surface area contributed by atoms with Crippen LogP contribution in [0.3, 0.4) is 0 Å². The summed E-state index contributed by atoms with van der Waals surface area (Å²) in [5.74, 6) is 0. The first-order chi connectivity index (χ1) is 5.97. The van der Waals surface area contributed by atoms with Crippen LogP contribution in [0.2, 0.25) is 0 Å². The largest absolute Gasteiger partial charge is 0.317 e. The van der Waals surface area contributed by atoms with Crippen molar-refractivity contribution in [1.29, 1.82) is 0 Å². The van der Waals surface area contributed by atoms with Crippen molar-refractivity contribution < 1.29 is 0 Å². The van der Waals surface area contributed by atoms with E-state index in [1.54, 1.807) is 0 Å². The van der Waals surface area contributed by atoms with E-state index in [0.717, 1.165) is 6.04 Å². The molecule has 0 bridgehead atoms. The van der Waals surface area contributed by atoms with E-state index < -0.39 is 0 Å². The second kappa shape index (κ2) is 4.24. The molecule has 2 heteroatoms. The summed E-state index contributed by atoms with van der Waals surface area (Å²) >= 11 is 0. The van der Waals surface area contributed by atoms with E-state index in [4.69, 9.17) is 0 Å². The number of hydrogen-bond donors (Lipinski definition) is 1. The van der Waals surface area contributed by atoms with Crippen LogP contribution in [-0.4, -0.2) is 37.1 Å². The molecule has 0 aromatic rings. The quantitative estimate of drug-likeness (QED) is 0.537. The van der Waals surface area contributed by atoms with Gasteiger partial charge in [0, 0.05) is 12.6 Å². The zero-order valence-corrected chi connectivity index (χ0v) is 7.63. The van der Waals surface area contributed by atoms with Crippen molar-refractivity contribution in [2.24, 2.45) is 0 Å². The first kappa shape index (κ1) is 8.52. The van der Waals surface area contributed by atoms with Crippen molar-refractivity contribution in [3.63, 3.8) is 0 Å². The van der Waals surface area contributed by atoms with E-state index in [1.807, 2.05) is 0 Å². The van der Waals surface area contributed by atoms with Crippen molar-refractivity contribution in [2.75, 3.05) is 26.2 Å². The number of nitrogens with one attached hydrogen (secondary N) is 1. The molecule has 0 aromatic carbocycles. The van der Waals surface area contributed by atoms with Crippen molar-refractivity contribution in [2.45, 2.75) is 25.3 Å². The maximum Gasteiger partial charge on any atom is 0.0255 e. The molecule has 2 radical (unpaired) electrons. The number of nitrogens with zero attached hydrogens (tertiary/aromatic N) is 1. The van der Waals surface area contributed by atoms with Gasteiger partial charge in [0.05, 0.1) is 0 Å². The molecule has 2 atom stereocenters. The van der Waals surface area contributed by atoms with Crippen LogP contribution in [0.1, 0.15) is 19.3 Å². The number of hydrogen-bond acceptors (Lipinski definition) is 2. The fourth-order valence-corrected chi connectivity index (χ4v) is 1.78. The van der Waals surface area contributed by atoms with Gasteiger partial charge >= 0.3 is 0 Å². The van der Waals surface area contributed by atoms with Crippen LogP contribution < -0.4 is 5.32 Å². The summed E-state index contributed by atoms with van der Waals surface area (Å²) in [6, 6.07) is 0.921. The Morgan fingerprint density at radius 3 is 2.17 bits per heavy atom. The molecule has 0 spiro atoms. The molecule has 2 nitrogen and oxygen atoms in total. The van der Waals surface area contributed by atoms with E-state index in [-0.39, 0.29) is 0 Å². The Kier molecular flexibility index (Phi) is 3.01.